The minimum atomic E-state index is -0.678. The number of hydrogen-bond donors (Lipinski definition) is 1. The number of methoxy groups -OCH3 is 1. The van der Waals surface area contributed by atoms with Gasteiger partial charge in [0.15, 0.2) is 11.4 Å². The van der Waals surface area contributed by atoms with E-state index in [1.807, 2.05) is 6.07 Å². The zero-order chi connectivity index (χ0) is 14.7. The minimum Gasteiger partial charge on any atom is -0.464 e. The topological polar surface area (TPSA) is 93.9 Å². The Kier molecular flexibility index (Phi) is 3.41. The molecule has 1 aromatic carbocycles. The number of nitrogen functional groups attached to an aromatic ring is 1. The number of ether oxygens (including phenoxy) is 1. The van der Waals surface area contributed by atoms with Gasteiger partial charge in [-0.25, -0.2) is 9.48 Å². The summed E-state index contributed by atoms with van der Waals surface area (Å²) in [7, 11) is 1.23. The van der Waals surface area contributed by atoms with Gasteiger partial charge in [0, 0.05) is 5.56 Å². The average Bonchev–Trinajstić information content (AvgIpc) is 2.83. The van der Waals surface area contributed by atoms with Crippen molar-refractivity contribution >= 4 is 11.7 Å². The van der Waals surface area contributed by atoms with E-state index in [1.54, 1.807) is 24.3 Å². The number of benzene rings is 1. The first-order valence-corrected chi connectivity index (χ1v) is 5.56. The SMILES string of the molecule is C#Cc1cccc(-n2nc(C#N)c(N)c2C(=O)OC)c1. The first kappa shape index (κ1) is 13.2. The quantitative estimate of drug-likeness (QED) is 0.648. The monoisotopic (exact) mass is 266 g/mol. The van der Waals surface area contributed by atoms with Gasteiger partial charge in [0.2, 0.25) is 0 Å². The summed E-state index contributed by atoms with van der Waals surface area (Å²) < 4.78 is 5.91. The van der Waals surface area contributed by atoms with Gasteiger partial charge >= 0.3 is 5.97 Å². The molecule has 0 bridgehead atoms. The molecule has 0 fully saturated rings. The number of carbonyl (C=O) groups excluding carboxylic acids is 1. The van der Waals surface area contributed by atoms with Crippen molar-refractivity contribution < 1.29 is 9.53 Å². The fourth-order valence-corrected chi connectivity index (χ4v) is 1.72. The molecule has 0 saturated carbocycles. The normalized spacial score (nSPS) is 9.55. The van der Waals surface area contributed by atoms with Gasteiger partial charge in [0.1, 0.15) is 11.8 Å². The number of hydrogen-bond acceptors (Lipinski definition) is 5. The van der Waals surface area contributed by atoms with Gasteiger partial charge in [-0.05, 0) is 18.2 Å². The maximum atomic E-state index is 11.8. The van der Waals surface area contributed by atoms with Gasteiger partial charge in [-0.15, -0.1) is 6.42 Å². The number of nitriles is 1. The zero-order valence-corrected chi connectivity index (χ0v) is 10.6. The molecule has 0 aliphatic heterocycles. The Balaban J connectivity index is 2.71. The van der Waals surface area contributed by atoms with E-state index >= 15 is 0 Å². The fraction of sp³-hybridized carbons (Fsp3) is 0.0714. The Morgan fingerprint density at radius 1 is 1.55 bits per heavy atom. The lowest BCUT2D eigenvalue weighted by molar-refractivity contribution is 0.0591. The standard InChI is InChI=1S/C14H10N4O2/c1-3-9-5-4-6-10(7-9)18-13(14(19)20-2)12(16)11(8-15)17-18/h1,4-7H,16H2,2H3. The lowest BCUT2D eigenvalue weighted by Crippen LogP contribution is -2.12. The van der Waals surface area contributed by atoms with Crippen molar-refractivity contribution in [1.29, 1.82) is 5.26 Å². The van der Waals surface area contributed by atoms with E-state index in [0.717, 1.165) is 0 Å². The molecule has 0 spiro atoms. The van der Waals surface area contributed by atoms with Crippen LogP contribution in [0.25, 0.3) is 5.69 Å². The molecule has 6 heteroatoms. The minimum absolute atomic E-state index is 0.00165. The second kappa shape index (κ2) is 5.17. The van der Waals surface area contributed by atoms with Gasteiger partial charge < -0.3 is 10.5 Å². The number of aromatic nitrogens is 2. The molecule has 2 aromatic rings. The van der Waals surface area contributed by atoms with E-state index in [-0.39, 0.29) is 17.1 Å². The molecule has 6 nitrogen and oxygen atoms in total. The summed E-state index contributed by atoms with van der Waals surface area (Å²) in [4.78, 5) is 11.8. The largest absolute Gasteiger partial charge is 0.464 e. The van der Waals surface area contributed by atoms with Crippen LogP contribution in [-0.4, -0.2) is 22.9 Å². The summed E-state index contributed by atoms with van der Waals surface area (Å²) >= 11 is 0. The Bertz CT molecular complexity index is 762. The third kappa shape index (κ3) is 2.06. The van der Waals surface area contributed by atoms with E-state index in [9.17, 15) is 4.79 Å². The third-order valence-electron chi connectivity index (χ3n) is 2.66. The molecule has 1 heterocycles. The number of esters is 1. The van der Waals surface area contributed by atoms with Gasteiger partial charge in [0.25, 0.3) is 0 Å². The van der Waals surface area contributed by atoms with Crippen LogP contribution in [0.3, 0.4) is 0 Å². The summed E-state index contributed by atoms with van der Waals surface area (Å²) in [5.74, 6) is 1.80. The third-order valence-corrected chi connectivity index (χ3v) is 2.66. The molecule has 2 N–H and O–H groups in total. The summed E-state index contributed by atoms with van der Waals surface area (Å²) in [6.45, 7) is 0. The maximum absolute atomic E-state index is 11.8. The van der Waals surface area contributed by atoms with Crippen molar-refractivity contribution in [2.24, 2.45) is 0 Å². The van der Waals surface area contributed by atoms with Crippen LogP contribution in [0, 0.1) is 23.7 Å². The predicted molar refractivity (Wildman–Crippen MR) is 72.0 cm³/mol. The highest BCUT2D eigenvalue weighted by Crippen LogP contribution is 2.22. The van der Waals surface area contributed by atoms with Gasteiger partial charge in [-0.1, -0.05) is 12.0 Å². The number of anilines is 1. The lowest BCUT2D eigenvalue weighted by Gasteiger charge is -2.06. The first-order chi connectivity index (χ1) is 9.62. The summed E-state index contributed by atoms with van der Waals surface area (Å²) in [5, 5.41) is 13.0. The van der Waals surface area contributed by atoms with E-state index in [2.05, 4.69) is 15.8 Å². The zero-order valence-electron chi connectivity index (χ0n) is 10.6. The molecular formula is C14H10N4O2. The van der Waals surface area contributed by atoms with E-state index < -0.39 is 5.97 Å². The summed E-state index contributed by atoms with van der Waals surface area (Å²) in [5.41, 5.74) is 6.82. The Labute approximate surface area is 115 Å². The highest BCUT2D eigenvalue weighted by atomic mass is 16.5. The second-order valence-corrected chi connectivity index (χ2v) is 3.82. The fourth-order valence-electron chi connectivity index (χ4n) is 1.72. The Morgan fingerprint density at radius 3 is 2.90 bits per heavy atom. The molecule has 0 atom stereocenters. The first-order valence-electron chi connectivity index (χ1n) is 5.56. The van der Waals surface area contributed by atoms with Crippen LogP contribution in [0.15, 0.2) is 24.3 Å². The molecule has 0 aliphatic rings. The van der Waals surface area contributed by atoms with E-state index in [4.69, 9.17) is 17.4 Å². The molecule has 0 saturated heterocycles. The lowest BCUT2D eigenvalue weighted by atomic mass is 10.2. The molecular weight excluding hydrogens is 256 g/mol. The smallest absolute Gasteiger partial charge is 0.359 e. The van der Waals surface area contributed by atoms with Crippen molar-refractivity contribution in [3.05, 3.63) is 41.2 Å². The highest BCUT2D eigenvalue weighted by molar-refractivity contribution is 5.95. The molecule has 1 aromatic heterocycles. The number of rotatable bonds is 2. The van der Waals surface area contributed by atoms with Crippen molar-refractivity contribution in [1.82, 2.24) is 9.78 Å². The highest BCUT2D eigenvalue weighted by Gasteiger charge is 2.23. The van der Waals surface area contributed by atoms with E-state index in [1.165, 1.54) is 11.8 Å². The molecule has 0 radical (unpaired) electrons. The molecule has 98 valence electrons. The molecule has 0 amide bonds. The number of nitrogens with zero attached hydrogens (tertiary/aromatic N) is 3. The maximum Gasteiger partial charge on any atom is 0.359 e. The average molecular weight is 266 g/mol. The van der Waals surface area contributed by atoms with Crippen molar-refractivity contribution in [3.8, 4) is 24.1 Å². The van der Waals surface area contributed by atoms with Crippen molar-refractivity contribution in [3.63, 3.8) is 0 Å². The Morgan fingerprint density at radius 2 is 2.30 bits per heavy atom. The summed E-state index contributed by atoms with van der Waals surface area (Å²) in [6, 6.07) is 8.63. The van der Waals surface area contributed by atoms with Gasteiger partial charge in [-0.3, -0.25) is 0 Å². The Hall–Kier alpha value is -3.25. The molecule has 0 aliphatic carbocycles. The molecule has 20 heavy (non-hydrogen) atoms. The number of terminal acetylenes is 1. The van der Waals surface area contributed by atoms with Crippen LogP contribution in [0.5, 0.6) is 0 Å². The number of nitrogens with two attached hydrogens (primary N) is 1. The predicted octanol–water partition coefficient (Wildman–Crippen LogP) is 1.09. The van der Waals surface area contributed by atoms with Gasteiger partial charge in [-0.2, -0.15) is 10.4 Å². The van der Waals surface area contributed by atoms with Crippen LogP contribution in [0.2, 0.25) is 0 Å². The van der Waals surface area contributed by atoms with Crippen LogP contribution >= 0.6 is 0 Å². The van der Waals surface area contributed by atoms with Crippen LogP contribution in [0.1, 0.15) is 21.7 Å². The van der Waals surface area contributed by atoms with Crippen LogP contribution in [0.4, 0.5) is 5.69 Å². The van der Waals surface area contributed by atoms with Crippen molar-refractivity contribution in [2.75, 3.05) is 12.8 Å². The molecule has 2 rings (SSSR count). The summed E-state index contributed by atoms with van der Waals surface area (Å²) in [6.07, 6.45) is 5.33. The van der Waals surface area contributed by atoms with Gasteiger partial charge in [0.05, 0.1) is 12.8 Å². The van der Waals surface area contributed by atoms with Crippen LogP contribution < -0.4 is 5.73 Å². The van der Waals surface area contributed by atoms with Crippen LogP contribution in [-0.2, 0) is 4.74 Å². The second-order valence-electron chi connectivity index (χ2n) is 3.82. The molecule has 0 unspecified atom stereocenters. The van der Waals surface area contributed by atoms with Crippen molar-refractivity contribution in [2.45, 2.75) is 0 Å². The van der Waals surface area contributed by atoms with E-state index in [0.29, 0.717) is 11.3 Å². The number of carbonyl (C=O) groups is 1.